The summed E-state index contributed by atoms with van der Waals surface area (Å²) in [6.45, 7) is 3.89. The highest BCUT2D eigenvalue weighted by Gasteiger charge is 2.14. The molecule has 0 radical (unpaired) electrons. The maximum absolute atomic E-state index is 13.4. The van der Waals surface area contributed by atoms with Gasteiger partial charge in [-0.05, 0) is 37.6 Å². The minimum absolute atomic E-state index is 0.323. The van der Waals surface area contributed by atoms with E-state index in [4.69, 9.17) is 9.84 Å². The second-order valence-corrected chi connectivity index (χ2v) is 3.60. The van der Waals surface area contributed by atoms with E-state index in [0.29, 0.717) is 17.7 Å². The van der Waals surface area contributed by atoms with Gasteiger partial charge >= 0.3 is 5.97 Å². The zero-order valence-electron chi connectivity index (χ0n) is 9.81. The van der Waals surface area contributed by atoms with Gasteiger partial charge in [0.1, 0.15) is 5.82 Å². The lowest BCUT2D eigenvalue weighted by Gasteiger charge is -2.08. The minimum Gasteiger partial charge on any atom is -0.501 e. The van der Waals surface area contributed by atoms with Gasteiger partial charge in [0.15, 0.2) is 0 Å². The lowest BCUT2D eigenvalue weighted by atomic mass is 9.99. The third-order valence-corrected chi connectivity index (χ3v) is 2.40. The number of hydrogen-bond donors (Lipinski definition) is 1. The van der Waals surface area contributed by atoms with Crippen LogP contribution in [0.3, 0.4) is 0 Å². The third-order valence-electron chi connectivity index (χ3n) is 2.40. The molecule has 1 aromatic carbocycles. The maximum Gasteiger partial charge on any atom is 0.310 e. The first-order valence-electron chi connectivity index (χ1n) is 5.36. The highest BCUT2D eigenvalue weighted by atomic mass is 19.1. The van der Waals surface area contributed by atoms with Crippen molar-refractivity contribution in [1.29, 1.82) is 0 Å². The van der Waals surface area contributed by atoms with Crippen LogP contribution in [0.5, 0.6) is 0 Å². The van der Waals surface area contributed by atoms with Gasteiger partial charge in [0.2, 0.25) is 0 Å². The maximum atomic E-state index is 13.4. The van der Waals surface area contributed by atoms with E-state index in [1.54, 1.807) is 6.92 Å². The van der Waals surface area contributed by atoms with Gasteiger partial charge in [0.25, 0.3) is 0 Å². The Morgan fingerprint density at radius 1 is 1.59 bits per heavy atom. The molecule has 1 atom stereocenters. The molecular formula is C13H15FO3. The van der Waals surface area contributed by atoms with E-state index in [0.717, 1.165) is 0 Å². The van der Waals surface area contributed by atoms with Crippen LogP contribution < -0.4 is 0 Å². The number of hydrogen-bond acceptors (Lipinski definition) is 2. The molecule has 0 heterocycles. The fourth-order valence-electron chi connectivity index (χ4n) is 1.32. The molecule has 17 heavy (non-hydrogen) atoms. The van der Waals surface area contributed by atoms with Gasteiger partial charge in [-0.1, -0.05) is 6.07 Å². The Hall–Kier alpha value is -1.84. The molecule has 1 unspecified atom stereocenters. The highest BCUT2D eigenvalue weighted by molar-refractivity contribution is 5.75. The Bertz CT molecular complexity index is 427. The Labute approximate surface area is 99.5 Å². The fourth-order valence-corrected chi connectivity index (χ4v) is 1.32. The van der Waals surface area contributed by atoms with E-state index >= 15 is 0 Å². The number of halogens is 1. The van der Waals surface area contributed by atoms with E-state index in [9.17, 15) is 9.18 Å². The molecule has 0 spiro atoms. The fraction of sp³-hybridized carbons (Fsp3) is 0.308. The monoisotopic (exact) mass is 238 g/mol. The third kappa shape index (κ3) is 3.59. The van der Waals surface area contributed by atoms with Crippen LogP contribution >= 0.6 is 0 Å². The predicted octanol–water partition coefficient (Wildman–Crippen LogP) is 3.02. The van der Waals surface area contributed by atoms with Gasteiger partial charge in [-0.3, -0.25) is 4.79 Å². The molecule has 0 fully saturated rings. The lowest BCUT2D eigenvalue weighted by molar-refractivity contribution is -0.138. The SMILES string of the molecule is CCO/C=C/c1cc(C(C)C(=O)O)ccc1F. The Kier molecular flexibility index (Phi) is 4.69. The second-order valence-electron chi connectivity index (χ2n) is 3.60. The molecule has 0 aliphatic rings. The van der Waals surface area contributed by atoms with Crippen molar-refractivity contribution in [3.05, 3.63) is 41.4 Å². The minimum atomic E-state index is -0.934. The van der Waals surface area contributed by atoms with E-state index < -0.39 is 17.7 Å². The lowest BCUT2D eigenvalue weighted by Crippen LogP contribution is -2.07. The van der Waals surface area contributed by atoms with Crippen molar-refractivity contribution in [2.75, 3.05) is 6.61 Å². The molecule has 0 saturated carbocycles. The number of rotatable bonds is 5. The standard InChI is InChI=1S/C13H15FO3/c1-3-17-7-6-11-8-10(4-5-12(11)14)9(2)13(15)16/h4-9H,3H2,1-2H3,(H,15,16)/b7-6+. The van der Waals surface area contributed by atoms with Gasteiger partial charge in [-0.2, -0.15) is 0 Å². The van der Waals surface area contributed by atoms with Crippen molar-refractivity contribution in [3.8, 4) is 0 Å². The average Bonchev–Trinajstić information content (AvgIpc) is 2.30. The zero-order chi connectivity index (χ0) is 12.8. The molecule has 0 bridgehead atoms. The molecule has 1 rings (SSSR count). The summed E-state index contributed by atoms with van der Waals surface area (Å²) in [5.74, 6) is -1.99. The zero-order valence-corrected chi connectivity index (χ0v) is 9.81. The quantitative estimate of drug-likeness (QED) is 0.802. The number of ether oxygens (including phenoxy) is 1. The molecule has 92 valence electrons. The summed E-state index contributed by atoms with van der Waals surface area (Å²) in [7, 11) is 0. The molecule has 4 heteroatoms. The van der Waals surface area contributed by atoms with Gasteiger partial charge in [-0.15, -0.1) is 0 Å². The van der Waals surface area contributed by atoms with Crippen LogP contribution in [0.1, 0.15) is 30.9 Å². The molecule has 1 N–H and O–H groups in total. The van der Waals surface area contributed by atoms with Crippen LogP contribution in [0.2, 0.25) is 0 Å². The topological polar surface area (TPSA) is 46.5 Å². The molecule has 0 saturated heterocycles. The van der Waals surface area contributed by atoms with E-state index in [-0.39, 0.29) is 0 Å². The van der Waals surface area contributed by atoms with Gasteiger partial charge in [-0.25, -0.2) is 4.39 Å². The van der Waals surface area contributed by atoms with Gasteiger partial charge in [0, 0.05) is 5.56 Å². The Morgan fingerprint density at radius 3 is 2.88 bits per heavy atom. The van der Waals surface area contributed by atoms with E-state index in [1.165, 1.54) is 30.5 Å². The Morgan fingerprint density at radius 2 is 2.29 bits per heavy atom. The van der Waals surface area contributed by atoms with Crippen LogP contribution in [-0.4, -0.2) is 17.7 Å². The molecule has 0 aromatic heterocycles. The first-order chi connectivity index (χ1) is 8.06. The summed E-state index contributed by atoms with van der Waals surface area (Å²) in [6.07, 6.45) is 2.88. The van der Waals surface area contributed by atoms with Crippen molar-refractivity contribution in [2.24, 2.45) is 0 Å². The van der Waals surface area contributed by atoms with Crippen LogP contribution in [0, 0.1) is 5.82 Å². The van der Waals surface area contributed by atoms with E-state index in [2.05, 4.69) is 0 Å². The number of carbonyl (C=O) groups is 1. The summed E-state index contributed by atoms with van der Waals surface area (Å²) in [5.41, 5.74) is 0.888. The van der Waals surface area contributed by atoms with Crippen LogP contribution in [-0.2, 0) is 9.53 Å². The number of aliphatic carboxylic acids is 1. The van der Waals surface area contributed by atoms with Crippen molar-refractivity contribution in [2.45, 2.75) is 19.8 Å². The summed E-state index contributed by atoms with van der Waals surface area (Å²) >= 11 is 0. The van der Waals surface area contributed by atoms with Gasteiger partial charge in [0.05, 0.1) is 18.8 Å². The van der Waals surface area contributed by atoms with Crippen molar-refractivity contribution in [3.63, 3.8) is 0 Å². The summed E-state index contributed by atoms with van der Waals surface area (Å²) in [5, 5.41) is 8.87. The number of carboxylic acids is 1. The number of carboxylic acid groups (broad SMARTS) is 1. The largest absolute Gasteiger partial charge is 0.501 e. The highest BCUT2D eigenvalue weighted by Crippen LogP contribution is 2.20. The van der Waals surface area contributed by atoms with Crippen molar-refractivity contribution < 1.29 is 19.0 Å². The van der Waals surface area contributed by atoms with E-state index in [1.807, 2.05) is 6.92 Å². The van der Waals surface area contributed by atoms with Crippen LogP contribution in [0.25, 0.3) is 6.08 Å². The molecule has 1 aromatic rings. The Balaban J connectivity index is 2.98. The normalized spacial score (nSPS) is 12.6. The average molecular weight is 238 g/mol. The predicted molar refractivity (Wildman–Crippen MR) is 63.1 cm³/mol. The molecular weight excluding hydrogens is 223 g/mol. The molecule has 0 aliphatic heterocycles. The first kappa shape index (κ1) is 13.2. The van der Waals surface area contributed by atoms with Crippen LogP contribution in [0.15, 0.2) is 24.5 Å². The van der Waals surface area contributed by atoms with Crippen molar-refractivity contribution in [1.82, 2.24) is 0 Å². The van der Waals surface area contributed by atoms with Crippen molar-refractivity contribution >= 4 is 12.0 Å². The van der Waals surface area contributed by atoms with Gasteiger partial charge < -0.3 is 9.84 Å². The van der Waals surface area contributed by atoms with Crippen LogP contribution in [0.4, 0.5) is 4.39 Å². The number of benzene rings is 1. The second kappa shape index (κ2) is 6.03. The summed E-state index contributed by atoms with van der Waals surface area (Å²) in [4.78, 5) is 10.8. The molecule has 3 nitrogen and oxygen atoms in total. The molecule has 0 amide bonds. The molecule has 0 aliphatic carbocycles. The first-order valence-corrected chi connectivity index (χ1v) is 5.36. The summed E-state index contributed by atoms with van der Waals surface area (Å²) < 4.78 is 18.4. The smallest absolute Gasteiger partial charge is 0.310 e. The summed E-state index contributed by atoms with van der Waals surface area (Å²) in [6, 6.07) is 4.26.